The van der Waals surface area contributed by atoms with Crippen LogP contribution in [0, 0.1) is 0 Å². The van der Waals surface area contributed by atoms with Gasteiger partial charge in [0.1, 0.15) is 5.82 Å². The third-order valence-electron chi connectivity index (χ3n) is 3.66. The summed E-state index contributed by atoms with van der Waals surface area (Å²) in [5, 5.41) is 0. The van der Waals surface area contributed by atoms with E-state index >= 15 is 0 Å². The van der Waals surface area contributed by atoms with Gasteiger partial charge in [0.05, 0.1) is 5.71 Å². The second-order valence-electron chi connectivity index (χ2n) is 5.16. The van der Waals surface area contributed by atoms with Crippen LogP contribution in [0.1, 0.15) is 6.92 Å². The van der Waals surface area contributed by atoms with Crippen LogP contribution in [0.3, 0.4) is 0 Å². The molecule has 4 heteroatoms. The summed E-state index contributed by atoms with van der Waals surface area (Å²) in [6, 6.07) is 0. The van der Waals surface area contributed by atoms with Gasteiger partial charge in [0.2, 0.25) is 0 Å². The molecule has 0 bridgehead atoms. The number of nitrogens with zero attached hydrogens (tertiary/aromatic N) is 4. The van der Waals surface area contributed by atoms with Crippen molar-refractivity contribution in [3.8, 4) is 0 Å². The first-order valence-electron chi connectivity index (χ1n) is 7.41. The largest absolute Gasteiger partial charge is 0.353 e. The Hall–Kier alpha value is -1.94. The molecule has 0 saturated carbocycles. The van der Waals surface area contributed by atoms with Crippen molar-refractivity contribution in [2.24, 2.45) is 9.98 Å². The van der Waals surface area contributed by atoms with E-state index in [4.69, 9.17) is 4.99 Å². The van der Waals surface area contributed by atoms with Crippen molar-refractivity contribution in [3.63, 3.8) is 0 Å². The lowest BCUT2D eigenvalue weighted by Gasteiger charge is -2.35. The summed E-state index contributed by atoms with van der Waals surface area (Å²) < 4.78 is 0. The number of piperazine rings is 1. The zero-order valence-corrected chi connectivity index (χ0v) is 13.2. The van der Waals surface area contributed by atoms with E-state index in [0.29, 0.717) is 0 Å². The van der Waals surface area contributed by atoms with E-state index in [2.05, 4.69) is 27.9 Å². The van der Waals surface area contributed by atoms with Gasteiger partial charge in [-0.1, -0.05) is 18.2 Å². The maximum absolute atomic E-state index is 4.69. The Bertz CT molecular complexity index is 527. The number of hydrogen-bond donors (Lipinski definition) is 0. The Balaban J connectivity index is 2.35. The molecular weight excluding hydrogens is 260 g/mol. The van der Waals surface area contributed by atoms with E-state index in [0.717, 1.165) is 43.3 Å². The smallest absolute Gasteiger partial charge is 0.138 e. The SMILES string of the molecule is C/C=C/C=N/C(=C1/C=CC=CC1=NC)N1CCN(C)CC1. The minimum Gasteiger partial charge on any atom is -0.353 e. The van der Waals surface area contributed by atoms with Gasteiger partial charge < -0.3 is 9.80 Å². The number of aliphatic imine (C=N–C) groups is 2. The highest BCUT2D eigenvalue weighted by Crippen LogP contribution is 2.20. The molecule has 1 aliphatic carbocycles. The lowest BCUT2D eigenvalue weighted by molar-refractivity contribution is 0.185. The van der Waals surface area contributed by atoms with E-state index in [1.165, 1.54) is 0 Å². The normalized spacial score (nSPS) is 24.7. The molecule has 1 aliphatic heterocycles. The second kappa shape index (κ2) is 7.74. The molecule has 0 amide bonds. The number of hydrogen-bond acceptors (Lipinski definition) is 4. The zero-order valence-electron chi connectivity index (χ0n) is 13.2. The fourth-order valence-corrected chi connectivity index (χ4v) is 2.40. The van der Waals surface area contributed by atoms with Gasteiger partial charge in [0, 0.05) is 45.0 Å². The predicted octanol–water partition coefficient (Wildman–Crippen LogP) is 2.29. The van der Waals surface area contributed by atoms with Gasteiger partial charge in [-0.2, -0.15) is 0 Å². The van der Waals surface area contributed by atoms with Crippen LogP contribution in [0.25, 0.3) is 0 Å². The van der Waals surface area contributed by atoms with Crippen molar-refractivity contribution in [1.29, 1.82) is 0 Å². The van der Waals surface area contributed by atoms with E-state index < -0.39 is 0 Å². The van der Waals surface area contributed by atoms with Crippen molar-refractivity contribution in [2.75, 3.05) is 40.3 Å². The van der Waals surface area contributed by atoms with Crippen LogP contribution in [-0.4, -0.2) is 62.0 Å². The van der Waals surface area contributed by atoms with E-state index in [1.807, 2.05) is 50.6 Å². The quantitative estimate of drug-likeness (QED) is 0.745. The van der Waals surface area contributed by atoms with Crippen molar-refractivity contribution >= 4 is 11.9 Å². The molecule has 0 atom stereocenters. The van der Waals surface area contributed by atoms with Gasteiger partial charge in [0.15, 0.2) is 0 Å². The zero-order chi connectivity index (χ0) is 15.1. The Morgan fingerprint density at radius 1 is 1.14 bits per heavy atom. The molecule has 0 aromatic carbocycles. The summed E-state index contributed by atoms with van der Waals surface area (Å²) in [7, 11) is 3.99. The first kappa shape index (κ1) is 15.4. The third-order valence-corrected chi connectivity index (χ3v) is 3.66. The van der Waals surface area contributed by atoms with E-state index in [1.54, 1.807) is 0 Å². The second-order valence-corrected chi connectivity index (χ2v) is 5.16. The maximum atomic E-state index is 4.69. The van der Waals surface area contributed by atoms with Gasteiger partial charge in [-0.05, 0) is 32.2 Å². The molecule has 0 radical (unpaired) electrons. The molecule has 2 rings (SSSR count). The minimum atomic E-state index is 0.990. The molecule has 1 fully saturated rings. The summed E-state index contributed by atoms with van der Waals surface area (Å²) >= 11 is 0. The molecule has 21 heavy (non-hydrogen) atoms. The van der Waals surface area contributed by atoms with Crippen LogP contribution < -0.4 is 0 Å². The molecular formula is C17H24N4. The van der Waals surface area contributed by atoms with Gasteiger partial charge in [-0.25, -0.2) is 4.99 Å². The summed E-state index contributed by atoms with van der Waals surface area (Å²) in [4.78, 5) is 13.8. The first-order valence-corrected chi connectivity index (χ1v) is 7.41. The van der Waals surface area contributed by atoms with E-state index in [9.17, 15) is 0 Å². The average molecular weight is 284 g/mol. The molecule has 4 nitrogen and oxygen atoms in total. The van der Waals surface area contributed by atoms with Crippen molar-refractivity contribution in [1.82, 2.24) is 9.80 Å². The van der Waals surface area contributed by atoms with Crippen molar-refractivity contribution in [2.45, 2.75) is 6.92 Å². The minimum absolute atomic E-state index is 0.990. The van der Waals surface area contributed by atoms with Gasteiger partial charge in [-0.15, -0.1) is 0 Å². The van der Waals surface area contributed by atoms with Gasteiger partial charge >= 0.3 is 0 Å². The molecule has 0 spiro atoms. The highest BCUT2D eigenvalue weighted by molar-refractivity contribution is 6.12. The molecule has 2 aliphatic rings. The summed E-state index contributed by atoms with van der Waals surface area (Å²) in [6.07, 6.45) is 14.0. The van der Waals surface area contributed by atoms with Crippen LogP contribution >= 0.6 is 0 Å². The fourth-order valence-electron chi connectivity index (χ4n) is 2.40. The van der Waals surface area contributed by atoms with Gasteiger partial charge in [0.25, 0.3) is 0 Å². The summed E-state index contributed by atoms with van der Waals surface area (Å²) in [5.74, 6) is 1.02. The van der Waals surface area contributed by atoms with E-state index in [-0.39, 0.29) is 0 Å². The Morgan fingerprint density at radius 2 is 1.86 bits per heavy atom. The van der Waals surface area contributed by atoms with Crippen LogP contribution in [-0.2, 0) is 0 Å². The molecule has 0 N–H and O–H groups in total. The monoisotopic (exact) mass is 284 g/mol. The number of allylic oxidation sites excluding steroid dienone is 7. The van der Waals surface area contributed by atoms with Crippen molar-refractivity contribution < 1.29 is 0 Å². The van der Waals surface area contributed by atoms with Gasteiger partial charge in [-0.3, -0.25) is 4.99 Å². The molecule has 1 heterocycles. The lowest BCUT2D eigenvalue weighted by Crippen LogP contribution is -2.44. The summed E-state index contributed by atoms with van der Waals surface area (Å²) in [5.41, 5.74) is 2.09. The van der Waals surface area contributed by atoms with Crippen LogP contribution in [0.4, 0.5) is 0 Å². The van der Waals surface area contributed by atoms with Crippen molar-refractivity contribution in [3.05, 3.63) is 47.9 Å². The lowest BCUT2D eigenvalue weighted by atomic mass is 10.0. The molecule has 0 aromatic heterocycles. The molecule has 112 valence electrons. The number of rotatable bonds is 3. The first-order chi connectivity index (χ1) is 10.3. The van der Waals surface area contributed by atoms with Crippen LogP contribution in [0.2, 0.25) is 0 Å². The molecule has 0 aromatic rings. The fraction of sp³-hybridized carbons (Fsp3) is 0.412. The summed E-state index contributed by atoms with van der Waals surface area (Å²) in [6.45, 7) is 6.12. The predicted molar refractivity (Wildman–Crippen MR) is 91.0 cm³/mol. The third kappa shape index (κ3) is 4.02. The Labute approximate surface area is 127 Å². The highest BCUT2D eigenvalue weighted by atomic mass is 15.3. The molecule has 0 unspecified atom stereocenters. The topological polar surface area (TPSA) is 31.2 Å². The van der Waals surface area contributed by atoms with Crippen LogP contribution in [0.15, 0.2) is 57.8 Å². The standard InChI is InChI=1S/C17H24N4/c1-4-5-10-19-17(21-13-11-20(3)12-14-21)15-8-6-7-9-16(15)18-2/h4-10H,11-14H2,1-3H3/b5-4+,17-15+,18-16?,19-10+. The number of likely N-dealkylation sites (N-methyl/N-ethyl adjacent to an activating group) is 1. The average Bonchev–Trinajstić information content (AvgIpc) is 2.53. The molecule has 1 saturated heterocycles. The van der Waals surface area contributed by atoms with Crippen LogP contribution in [0.5, 0.6) is 0 Å². The Morgan fingerprint density at radius 3 is 2.52 bits per heavy atom. The Kier molecular flexibility index (Phi) is 5.69. The maximum Gasteiger partial charge on any atom is 0.138 e. The highest BCUT2D eigenvalue weighted by Gasteiger charge is 2.20.